The summed E-state index contributed by atoms with van der Waals surface area (Å²) in [7, 11) is 0. The molecule has 142 valence electrons. The molecule has 2 heterocycles. The fourth-order valence-corrected chi connectivity index (χ4v) is 3.49. The van der Waals surface area contributed by atoms with Crippen LogP contribution in [0.15, 0.2) is 30.6 Å². The van der Waals surface area contributed by atoms with Crippen LogP contribution >= 0.6 is 0 Å². The average molecular weight is 373 g/mol. The zero-order valence-electron chi connectivity index (χ0n) is 15.0. The minimum Gasteiger partial charge on any atom is -0.348 e. The highest BCUT2D eigenvalue weighted by atomic mass is 19.3. The Kier molecular flexibility index (Phi) is 4.41. The first-order chi connectivity index (χ1) is 12.9. The summed E-state index contributed by atoms with van der Waals surface area (Å²) in [6.45, 7) is 2.79. The number of carbonyl (C=O) groups is 1. The fourth-order valence-electron chi connectivity index (χ4n) is 3.49. The number of H-pyrrole nitrogens is 1. The number of rotatable bonds is 4. The molecule has 1 aliphatic rings. The van der Waals surface area contributed by atoms with Gasteiger partial charge >= 0.3 is 0 Å². The molecule has 1 saturated carbocycles. The molecule has 1 aliphatic carbocycles. The van der Waals surface area contributed by atoms with Gasteiger partial charge in [0.1, 0.15) is 0 Å². The predicted octanol–water partition coefficient (Wildman–Crippen LogP) is 3.75. The molecule has 0 radical (unpaired) electrons. The Bertz CT molecular complexity index is 968. The number of amides is 1. The van der Waals surface area contributed by atoms with Crippen LogP contribution in [-0.2, 0) is 6.54 Å². The number of carbonyl (C=O) groups excluding carboxylic acids is 1. The van der Waals surface area contributed by atoms with Crippen molar-refractivity contribution < 1.29 is 13.6 Å². The lowest BCUT2D eigenvalue weighted by Crippen LogP contribution is -2.40. The van der Waals surface area contributed by atoms with Gasteiger partial charge < -0.3 is 5.32 Å². The van der Waals surface area contributed by atoms with Crippen molar-refractivity contribution in [3.8, 4) is 11.1 Å². The van der Waals surface area contributed by atoms with Crippen LogP contribution in [0.25, 0.3) is 22.0 Å². The number of nitrogens with one attached hydrogen (secondary N) is 2. The van der Waals surface area contributed by atoms with Crippen LogP contribution in [0, 0.1) is 0 Å². The van der Waals surface area contributed by atoms with Crippen LogP contribution < -0.4 is 5.32 Å². The summed E-state index contributed by atoms with van der Waals surface area (Å²) in [4.78, 5) is 12.7. The van der Waals surface area contributed by atoms with E-state index in [0.717, 1.165) is 23.2 Å². The van der Waals surface area contributed by atoms with Crippen molar-refractivity contribution in [1.82, 2.24) is 25.3 Å². The van der Waals surface area contributed by atoms with Crippen LogP contribution in [0.3, 0.4) is 0 Å². The molecule has 8 heteroatoms. The molecular formula is C19H21F2N5O. The molecule has 6 nitrogen and oxygen atoms in total. The van der Waals surface area contributed by atoms with Crippen molar-refractivity contribution in [2.75, 3.05) is 0 Å². The maximum atomic E-state index is 13.3. The molecule has 1 aromatic carbocycles. The van der Waals surface area contributed by atoms with Gasteiger partial charge in [-0.15, -0.1) is 0 Å². The Hall–Kier alpha value is -2.77. The van der Waals surface area contributed by atoms with E-state index < -0.39 is 5.92 Å². The van der Waals surface area contributed by atoms with E-state index in [1.54, 1.807) is 6.20 Å². The largest absolute Gasteiger partial charge is 0.348 e. The number of aromatic nitrogens is 4. The summed E-state index contributed by atoms with van der Waals surface area (Å²) in [6.07, 6.45) is 3.91. The first-order valence-corrected chi connectivity index (χ1v) is 9.15. The standard InChI is InChI=1S/C19H21F2N5O/c1-2-26-11-13(10-22-26)12-3-4-16-15(9-12)17(25-24-16)18(27)23-14-5-7-19(20,21)8-6-14/h3-4,9-11,14H,2,5-8H2,1H3,(H,23,27)(H,24,25). The van der Waals surface area contributed by atoms with E-state index in [-0.39, 0.29) is 43.3 Å². The van der Waals surface area contributed by atoms with Crippen molar-refractivity contribution in [1.29, 1.82) is 0 Å². The van der Waals surface area contributed by atoms with Gasteiger partial charge in [-0.2, -0.15) is 10.2 Å². The van der Waals surface area contributed by atoms with Crippen LogP contribution in [0.2, 0.25) is 0 Å². The maximum absolute atomic E-state index is 13.3. The third-order valence-electron chi connectivity index (χ3n) is 5.12. The Balaban J connectivity index is 1.56. The average Bonchev–Trinajstić information content (AvgIpc) is 3.29. The van der Waals surface area contributed by atoms with Gasteiger partial charge in [0.15, 0.2) is 5.69 Å². The molecule has 3 aromatic rings. The highest BCUT2D eigenvalue weighted by Gasteiger charge is 2.35. The quantitative estimate of drug-likeness (QED) is 0.731. The van der Waals surface area contributed by atoms with E-state index in [0.29, 0.717) is 5.39 Å². The van der Waals surface area contributed by atoms with Gasteiger partial charge in [0.05, 0.1) is 11.7 Å². The van der Waals surface area contributed by atoms with Gasteiger partial charge in [-0.1, -0.05) is 6.07 Å². The zero-order chi connectivity index (χ0) is 19.0. The molecule has 0 bridgehead atoms. The molecule has 0 saturated heterocycles. The first kappa shape index (κ1) is 17.6. The Morgan fingerprint density at radius 1 is 1.33 bits per heavy atom. The number of fused-ring (bicyclic) bond motifs is 1. The molecule has 0 atom stereocenters. The number of nitrogens with zero attached hydrogens (tertiary/aromatic N) is 3. The summed E-state index contributed by atoms with van der Waals surface area (Å²) in [6, 6.07) is 5.48. The molecule has 0 unspecified atom stereocenters. The van der Waals surface area contributed by atoms with Gasteiger partial charge in [-0.25, -0.2) is 8.78 Å². The molecule has 1 amide bonds. The first-order valence-electron chi connectivity index (χ1n) is 9.15. The topological polar surface area (TPSA) is 75.6 Å². The van der Waals surface area contributed by atoms with Crippen LogP contribution in [0.4, 0.5) is 8.78 Å². The molecule has 2 aromatic heterocycles. The predicted molar refractivity (Wildman–Crippen MR) is 97.7 cm³/mol. The molecule has 1 fully saturated rings. The second kappa shape index (κ2) is 6.75. The number of benzene rings is 1. The van der Waals surface area contributed by atoms with E-state index in [2.05, 4.69) is 20.6 Å². The van der Waals surface area contributed by atoms with E-state index in [1.165, 1.54) is 0 Å². The lowest BCUT2D eigenvalue weighted by Gasteiger charge is -2.28. The number of hydrogen-bond donors (Lipinski definition) is 2. The van der Waals surface area contributed by atoms with Gasteiger partial charge in [0, 0.05) is 42.6 Å². The lowest BCUT2D eigenvalue weighted by molar-refractivity contribution is -0.0399. The number of halogens is 2. The smallest absolute Gasteiger partial charge is 0.272 e. The Morgan fingerprint density at radius 3 is 2.81 bits per heavy atom. The number of hydrogen-bond acceptors (Lipinski definition) is 3. The molecule has 2 N–H and O–H groups in total. The van der Waals surface area contributed by atoms with Crippen molar-refractivity contribution in [3.63, 3.8) is 0 Å². The summed E-state index contributed by atoms with van der Waals surface area (Å²) >= 11 is 0. The van der Waals surface area contributed by atoms with E-state index in [4.69, 9.17) is 0 Å². The van der Waals surface area contributed by atoms with Crippen LogP contribution in [-0.4, -0.2) is 37.8 Å². The van der Waals surface area contributed by atoms with E-state index >= 15 is 0 Å². The molecule has 4 rings (SSSR count). The molecule has 0 aliphatic heterocycles. The van der Waals surface area contributed by atoms with E-state index in [9.17, 15) is 13.6 Å². The monoisotopic (exact) mass is 373 g/mol. The zero-order valence-corrected chi connectivity index (χ0v) is 15.0. The minimum atomic E-state index is -2.61. The highest BCUT2D eigenvalue weighted by Crippen LogP contribution is 2.33. The van der Waals surface area contributed by atoms with Crippen molar-refractivity contribution in [2.24, 2.45) is 0 Å². The number of aryl methyl sites for hydroxylation is 1. The summed E-state index contributed by atoms with van der Waals surface area (Å²) < 4.78 is 28.4. The van der Waals surface area contributed by atoms with Gasteiger partial charge in [-0.05, 0) is 37.5 Å². The maximum Gasteiger partial charge on any atom is 0.272 e. The van der Waals surface area contributed by atoms with Crippen LogP contribution in [0.1, 0.15) is 43.1 Å². The van der Waals surface area contributed by atoms with Crippen molar-refractivity contribution in [3.05, 3.63) is 36.3 Å². The number of alkyl halides is 2. The van der Waals surface area contributed by atoms with Crippen LogP contribution in [0.5, 0.6) is 0 Å². The van der Waals surface area contributed by atoms with Gasteiger partial charge in [0.2, 0.25) is 5.92 Å². The normalized spacial score (nSPS) is 17.3. The molecule has 0 spiro atoms. The van der Waals surface area contributed by atoms with Gasteiger partial charge in [0.25, 0.3) is 5.91 Å². The van der Waals surface area contributed by atoms with Crippen molar-refractivity contribution in [2.45, 2.75) is 51.1 Å². The second-order valence-corrected chi connectivity index (χ2v) is 7.02. The Labute approximate surface area is 154 Å². The Morgan fingerprint density at radius 2 is 2.11 bits per heavy atom. The second-order valence-electron chi connectivity index (χ2n) is 7.02. The molecular weight excluding hydrogens is 352 g/mol. The SMILES string of the molecule is CCn1cc(-c2ccc3[nH]nc(C(=O)NC4CCC(F)(F)CC4)c3c2)cn1. The highest BCUT2D eigenvalue weighted by molar-refractivity contribution is 6.05. The fraction of sp³-hybridized carbons (Fsp3) is 0.421. The van der Waals surface area contributed by atoms with E-state index in [1.807, 2.05) is 36.0 Å². The minimum absolute atomic E-state index is 0.190. The summed E-state index contributed by atoms with van der Waals surface area (Å²) in [5.41, 5.74) is 2.94. The number of aromatic amines is 1. The summed E-state index contributed by atoms with van der Waals surface area (Å²) in [5.74, 6) is -2.95. The molecule has 27 heavy (non-hydrogen) atoms. The third kappa shape index (κ3) is 3.56. The van der Waals surface area contributed by atoms with Crippen molar-refractivity contribution >= 4 is 16.8 Å². The van der Waals surface area contributed by atoms with Gasteiger partial charge in [-0.3, -0.25) is 14.6 Å². The third-order valence-corrected chi connectivity index (χ3v) is 5.12. The lowest BCUT2D eigenvalue weighted by atomic mass is 9.92. The summed E-state index contributed by atoms with van der Waals surface area (Å²) in [5, 5.41) is 14.8.